The number of carbonyl (C=O) groups excluding carboxylic acids is 1. The van der Waals surface area contributed by atoms with Gasteiger partial charge in [-0.1, -0.05) is 6.07 Å². The smallest absolute Gasteiger partial charge is 0.409 e. The van der Waals surface area contributed by atoms with Gasteiger partial charge in [0.25, 0.3) is 0 Å². The van der Waals surface area contributed by atoms with Gasteiger partial charge in [0.2, 0.25) is 0 Å². The summed E-state index contributed by atoms with van der Waals surface area (Å²) in [5.74, 6) is 0.489. The molecule has 1 heterocycles. The van der Waals surface area contributed by atoms with Crippen LogP contribution >= 0.6 is 15.9 Å². The van der Waals surface area contributed by atoms with Crippen LogP contribution in [0.2, 0.25) is 0 Å². The lowest BCUT2D eigenvalue weighted by molar-refractivity contribution is 0.112. The Kier molecular flexibility index (Phi) is 4.11. The summed E-state index contributed by atoms with van der Waals surface area (Å²) in [6.45, 7) is 1.50. The van der Waals surface area contributed by atoms with Crippen LogP contribution in [0.4, 0.5) is 10.5 Å². The fourth-order valence-corrected chi connectivity index (χ4v) is 2.72. The van der Waals surface area contributed by atoms with Gasteiger partial charge < -0.3 is 15.4 Å². The third-order valence-electron chi connectivity index (χ3n) is 3.42. The number of ether oxygens (including phenoxy) is 1. The molecule has 1 fully saturated rings. The largest absolute Gasteiger partial charge is 0.453 e. The van der Waals surface area contributed by atoms with Crippen LogP contribution in [-0.2, 0) is 4.74 Å². The summed E-state index contributed by atoms with van der Waals surface area (Å²) in [5.41, 5.74) is 7.82. The van der Waals surface area contributed by atoms with Crippen molar-refractivity contribution in [1.82, 2.24) is 4.90 Å². The van der Waals surface area contributed by atoms with Gasteiger partial charge in [-0.25, -0.2) is 4.79 Å². The summed E-state index contributed by atoms with van der Waals surface area (Å²) in [7, 11) is 1.42. The van der Waals surface area contributed by atoms with Crippen molar-refractivity contribution in [3.05, 3.63) is 28.2 Å². The number of amides is 1. The van der Waals surface area contributed by atoms with E-state index in [4.69, 9.17) is 10.5 Å². The number of anilines is 1. The number of likely N-dealkylation sites (tertiary alicyclic amines) is 1. The number of carbonyl (C=O) groups is 1. The summed E-state index contributed by atoms with van der Waals surface area (Å²) in [4.78, 5) is 13.1. The van der Waals surface area contributed by atoms with Gasteiger partial charge in [-0.05, 0) is 52.4 Å². The highest BCUT2D eigenvalue weighted by Crippen LogP contribution is 2.31. The molecule has 1 aromatic carbocycles. The Bertz CT molecular complexity index is 443. The Hall–Kier alpha value is -1.23. The SMILES string of the molecule is COC(=O)N1CCC(c2ccc(N)c(Br)c2)CC1. The molecule has 1 amide bonds. The molecule has 98 valence electrons. The molecule has 18 heavy (non-hydrogen) atoms. The van der Waals surface area contributed by atoms with Gasteiger partial charge in [0, 0.05) is 23.2 Å². The first-order valence-electron chi connectivity index (χ1n) is 5.99. The number of hydrogen-bond donors (Lipinski definition) is 1. The van der Waals surface area contributed by atoms with Crippen molar-refractivity contribution in [2.24, 2.45) is 0 Å². The van der Waals surface area contributed by atoms with E-state index in [-0.39, 0.29) is 6.09 Å². The molecule has 1 saturated heterocycles. The Morgan fingerprint density at radius 2 is 2.11 bits per heavy atom. The number of hydrogen-bond acceptors (Lipinski definition) is 3. The Labute approximate surface area is 115 Å². The molecule has 1 aliphatic heterocycles. The first kappa shape index (κ1) is 13.2. The topological polar surface area (TPSA) is 55.6 Å². The van der Waals surface area contributed by atoms with Crippen LogP contribution in [0.25, 0.3) is 0 Å². The molecule has 1 aromatic rings. The molecule has 0 aromatic heterocycles. The number of methoxy groups -OCH3 is 1. The van der Waals surface area contributed by atoms with Crippen LogP contribution in [-0.4, -0.2) is 31.2 Å². The number of halogens is 1. The number of rotatable bonds is 1. The van der Waals surface area contributed by atoms with E-state index in [2.05, 4.69) is 28.1 Å². The number of piperidine rings is 1. The maximum atomic E-state index is 11.4. The molecular weight excluding hydrogens is 296 g/mol. The highest BCUT2D eigenvalue weighted by Gasteiger charge is 2.24. The first-order valence-corrected chi connectivity index (χ1v) is 6.79. The predicted octanol–water partition coefficient (Wildman–Crippen LogP) is 2.98. The highest BCUT2D eigenvalue weighted by molar-refractivity contribution is 9.10. The zero-order valence-electron chi connectivity index (χ0n) is 10.4. The van der Waals surface area contributed by atoms with Gasteiger partial charge in [-0.15, -0.1) is 0 Å². The second kappa shape index (κ2) is 5.61. The lowest BCUT2D eigenvalue weighted by Crippen LogP contribution is -2.37. The van der Waals surface area contributed by atoms with Crippen LogP contribution in [0.15, 0.2) is 22.7 Å². The molecule has 0 spiro atoms. The minimum atomic E-state index is -0.230. The van der Waals surface area contributed by atoms with Crippen molar-refractivity contribution >= 4 is 27.7 Å². The molecule has 1 aliphatic rings. The third kappa shape index (κ3) is 2.77. The van der Waals surface area contributed by atoms with Crippen LogP contribution in [0, 0.1) is 0 Å². The van der Waals surface area contributed by atoms with Gasteiger partial charge >= 0.3 is 6.09 Å². The zero-order valence-corrected chi connectivity index (χ0v) is 11.9. The van der Waals surface area contributed by atoms with Gasteiger partial charge in [0.1, 0.15) is 0 Å². The maximum Gasteiger partial charge on any atom is 0.409 e. The van der Waals surface area contributed by atoms with Gasteiger partial charge in [0.15, 0.2) is 0 Å². The lowest BCUT2D eigenvalue weighted by atomic mass is 9.89. The van der Waals surface area contributed by atoms with Crippen LogP contribution in [0.3, 0.4) is 0 Å². The maximum absolute atomic E-state index is 11.4. The minimum absolute atomic E-state index is 0.230. The van der Waals surface area contributed by atoms with Gasteiger partial charge in [0.05, 0.1) is 7.11 Å². The van der Waals surface area contributed by atoms with Gasteiger partial charge in [-0.2, -0.15) is 0 Å². The monoisotopic (exact) mass is 312 g/mol. The first-order chi connectivity index (χ1) is 8.61. The van der Waals surface area contributed by atoms with Crippen molar-refractivity contribution in [2.75, 3.05) is 25.9 Å². The standard InChI is InChI=1S/C13H17BrN2O2/c1-18-13(17)16-6-4-9(5-7-16)10-2-3-12(15)11(14)8-10/h2-3,8-9H,4-7,15H2,1H3. The second-order valence-corrected chi connectivity index (χ2v) is 5.37. The molecule has 0 atom stereocenters. The van der Waals surface area contributed by atoms with Crippen LogP contribution in [0.1, 0.15) is 24.3 Å². The Morgan fingerprint density at radius 3 is 2.67 bits per heavy atom. The Morgan fingerprint density at radius 1 is 1.44 bits per heavy atom. The van der Waals surface area contributed by atoms with Crippen molar-refractivity contribution < 1.29 is 9.53 Å². The number of nitrogens with zero attached hydrogens (tertiary/aromatic N) is 1. The third-order valence-corrected chi connectivity index (χ3v) is 4.11. The summed E-state index contributed by atoms with van der Waals surface area (Å²) >= 11 is 3.45. The van der Waals surface area contributed by atoms with Crippen LogP contribution < -0.4 is 5.73 Å². The Balaban J connectivity index is 2.01. The summed E-state index contributed by atoms with van der Waals surface area (Å²) in [5, 5.41) is 0. The zero-order chi connectivity index (χ0) is 13.1. The number of benzene rings is 1. The molecule has 0 unspecified atom stereocenters. The van der Waals surface area contributed by atoms with E-state index < -0.39 is 0 Å². The van der Waals surface area contributed by atoms with E-state index in [0.717, 1.165) is 36.1 Å². The fraction of sp³-hybridized carbons (Fsp3) is 0.462. The molecule has 2 N–H and O–H groups in total. The second-order valence-electron chi connectivity index (χ2n) is 4.51. The summed E-state index contributed by atoms with van der Waals surface area (Å²) in [6, 6.07) is 6.07. The van der Waals surface area contributed by atoms with E-state index >= 15 is 0 Å². The molecule has 0 radical (unpaired) electrons. The van der Waals surface area contributed by atoms with Gasteiger partial charge in [-0.3, -0.25) is 0 Å². The summed E-state index contributed by atoms with van der Waals surface area (Å²) < 4.78 is 5.67. The van der Waals surface area contributed by atoms with E-state index in [9.17, 15) is 4.79 Å². The molecular formula is C13H17BrN2O2. The molecule has 0 saturated carbocycles. The number of nitrogens with two attached hydrogens (primary N) is 1. The highest BCUT2D eigenvalue weighted by atomic mass is 79.9. The number of nitrogen functional groups attached to an aromatic ring is 1. The lowest BCUT2D eigenvalue weighted by Gasteiger charge is -2.31. The molecule has 0 bridgehead atoms. The minimum Gasteiger partial charge on any atom is -0.453 e. The fourth-order valence-electron chi connectivity index (χ4n) is 2.32. The molecule has 5 heteroatoms. The van der Waals surface area contributed by atoms with Crippen LogP contribution in [0.5, 0.6) is 0 Å². The van der Waals surface area contributed by atoms with E-state index in [1.807, 2.05) is 6.07 Å². The predicted molar refractivity (Wildman–Crippen MR) is 74.5 cm³/mol. The average molecular weight is 313 g/mol. The molecule has 0 aliphatic carbocycles. The quantitative estimate of drug-likeness (QED) is 0.811. The van der Waals surface area contributed by atoms with E-state index in [1.54, 1.807) is 4.90 Å². The molecule has 2 rings (SSSR count). The van der Waals surface area contributed by atoms with Crippen molar-refractivity contribution in [3.8, 4) is 0 Å². The van der Waals surface area contributed by atoms with E-state index in [1.165, 1.54) is 12.7 Å². The van der Waals surface area contributed by atoms with Crippen molar-refractivity contribution in [1.29, 1.82) is 0 Å². The van der Waals surface area contributed by atoms with Crippen molar-refractivity contribution in [2.45, 2.75) is 18.8 Å². The summed E-state index contributed by atoms with van der Waals surface area (Å²) in [6.07, 6.45) is 1.70. The van der Waals surface area contributed by atoms with Crippen molar-refractivity contribution in [3.63, 3.8) is 0 Å². The normalized spacial score (nSPS) is 16.7. The molecule has 4 nitrogen and oxygen atoms in total. The van der Waals surface area contributed by atoms with E-state index in [0.29, 0.717) is 5.92 Å². The average Bonchev–Trinajstić information content (AvgIpc) is 2.41.